The molecule has 5 nitrogen and oxygen atoms in total. The highest BCUT2D eigenvalue weighted by Gasteiger charge is 2.31. The van der Waals surface area contributed by atoms with Crippen molar-refractivity contribution in [2.75, 3.05) is 19.8 Å². The fourth-order valence-corrected chi connectivity index (χ4v) is 3.63. The molecular formula is C21H20N2O3. The highest BCUT2D eigenvalue weighted by atomic mass is 16.5. The predicted molar refractivity (Wildman–Crippen MR) is 96.2 cm³/mol. The van der Waals surface area contributed by atoms with Gasteiger partial charge < -0.3 is 14.4 Å². The van der Waals surface area contributed by atoms with Gasteiger partial charge in [0.2, 0.25) is 0 Å². The van der Waals surface area contributed by atoms with E-state index in [1.807, 2.05) is 23.1 Å². The van der Waals surface area contributed by atoms with Crippen LogP contribution in [0.15, 0.2) is 42.5 Å². The fourth-order valence-electron chi connectivity index (χ4n) is 3.63. The first-order valence-corrected chi connectivity index (χ1v) is 8.97. The standard InChI is InChI=1S/C21H20N2O3/c22-14-15-4-1-5-17(12-15)21(24)23-9-2-6-18(23)16-7-8-19-20(13-16)26-11-3-10-25-19/h1,4-5,7-8,12-13,18H,2-3,6,9-11H2. The van der Waals surface area contributed by atoms with Crippen LogP contribution in [0, 0.1) is 11.3 Å². The Kier molecular flexibility index (Phi) is 4.49. The molecule has 1 atom stereocenters. The summed E-state index contributed by atoms with van der Waals surface area (Å²) in [4.78, 5) is 14.9. The summed E-state index contributed by atoms with van der Waals surface area (Å²) in [5.41, 5.74) is 2.13. The zero-order valence-corrected chi connectivity index (χ0v) is 14.5. The molecule has 4 rings (SSSR count). The number of hydrogen-bond donors (Lipinski definition) is 0. The molecule has 5 heteroatoms. The van der Waals surface area contributed by atoms with Gasteiger partial charge >= 0.3 is 0 Å². The Morgan fingerprint density at radius 3 is 2.77 bits per heavy atom. The number of carbonyl (C=O) groups is 1. The average molecular weight is 348 g/mol. The van der Waals surface area contributed by atoms with Gasteiger partial charge in [0.25, 0.3) is 5.91 Å². The van der Waals surface area contributed by atoms with E-state index in [-0.39, 0.29) is 11.9 Å². The average Bonchev–Trinajstić information content (AvgIpc) is 3.06. The third kappa shape index (κ3) is 3.11. The lowest BCUT2D eigenvalue weighted by atomic mass is 10.0. The van der Waals surface area contributed by atoms with Gasteiger partial charge in [0, 0.05) is 18.5 Å². The maximum atomic E-state index is 13.0. The molecule has 132 valence electrons. The van der Waals surface area contributed by atoms with Crippen LogP contribution in [0.2, 0.25) is 0 Å². The summed E-state index contributed by atoms with van der Waals surface area (Å²) in [6, 6.07) is 15.0. The van der Waals surface area contributed by atoms with Crippen molar-refractivity contribution in [2.45, 2.75) is 25.3 Å². The second-order valence-corrected chi connectivity index (χ2v) is 6.61. The van der Waals surface area contributed by atoms with Crippen molar-refractivity contribution < 1.29 is 14.3 Å². The lowest BCUT2D eigenvalue weighted by Gasteiger charge is -2.26. The van der Waals surface area contributed by atoms with Gasteiger partial charge in [-0.05, 0) is 48.7 Å². The summed E-state index contributed by atoms with van der Waals surface area (Å²) in [7, 11) is 0. The van der Waals surface area contributed by atoms with E-state index in [1.54, 1.807) is 24.3 Å². The van der Waals surface area contributed by atoms with E-state index in [1.165, 1.54) is 0 Å². The summed E-state index contributed by atoms with van der Waals surface area (Å²) >= 11 is 0. The molecule has 2 aliphatic heterocycles. The third-order valence-corrected chi connectivity index (χ3v) is 4.91. The van der Waals surface area contributed by atoms with Crippen molar-refractivity contribution in [3.05, 3.63) is 59.2 Å². The SMILES string of the molecule is N#Cc1cccc(C(=O)N2CCCC2c2ccc3c(c2)OCCCO3)c1. The summed E-state index contributed by atoms with van der Waals surface area (Å²) in [5.74, 6) is 1.49. The van der Waals surface area contributed by atoms with Gasteiger partial charge in [-0.25, -0.2) is 0 Å². The molecule has 1 unspecified atom stereocenters. The number of hydrogen-bond acceptors (Lipinski definition) is 4. The second-order valence-electron chi connectivity index (χ2n) is 6.61. The number of nitrogens with zero attached hydrogens (tertiary/aromatic N) is 2. The first-order valence-electron chi connectivity index (χ1n) is 8.97. The van der Waals surface area contributed by atoms with E-state index in [0.717, 1.165) is 36.3 Å². The van der Waals surface area contributed by atoms with Gasteiger partial charge in [-0.15, -0.1) is 0 Å². The Morgan fingerprint density at radius 2 is 1.92 bits per heavy atom. The molecule has 1 saturated heterocycles. The van der Waals surface area contributed by atoms with Crippen LogP contribution in [-0.2, 0) is 0 Å². The van der Waals surface area contributed by atoms with Gasteiger partial charge in [0.1, 0.15) is 0 Å². The topological polar surface area (TPSA) is 62.6 Å². The molecule has 0 radical (unpaired) electrons. The number of nitriles is 1. The van der Waals surface area contributed by atoms with Crippen LogP contribution in [0.3, 0.4) is 0 Å². The lowest BCUT2D eigenvalue weighted by Crippen LogP contribution is -2.30. The number of likely N-dealkylation sites (tertiary alicyclic amines) is 1. The Bertz CT molecular complexity index is 872. The van der Waals surface area contributed by atoms with Crippen molar-refractivity contribution >= 4 is 5.91 Å². The van der Waals surface area contributed by atoms with E-state index in [2.05, 4.69) is 6.07 Å². The zero-order chi connectivity index (χ0) is 17.9. The summed E-state index contributed by atoms with van der Waals surface area (Å²) in [6.07, 6.45) is 2.75. The fraction of sp³-hybridized carbons (Fsp3) is 0.333. The summed E-state index contributed by atoms with van der Waals surface area (Å²) in [5, 5.41) is 9.07. The van der Waals surface area contributed by atoms with Gasteiger partial charge in [-0.3, -0.25) is 4.79 Å². The van der Waals surface area contributed by atoms with Crippen molar-refractivity contribution in [1.29, 1.82) is 5.26 Å². The summed E-state index contributed by atoms with van der Waals surface area (Å²) < 4.78 is 11.5. The molecular weight excluding hydrogens is 328 g/mol. The van der Waals surface area contributed by atoms with Gasteiger partial charge in [-0.2, -0.15) is 5.26 Å². The van der Waals surface area contributed by atoms with E-state index >= 15 is 0 Å². The predicted octanol–water partition coefficient (Wildman–Crippen LogP) is 3.70. The zero-order valence-electron chi connectivity index (χ0n) is 14.5. The van der Waals surface area contributed by atoms with Crippen molar-refractivity contribution in [3.8, 4) is 17.6 Å². The second kappa shape index (κ2) is 7.09. The minimum atomic E-state index is -0.0308. The molecule has 1 amide bonds. The number of carbonyl (C=O) groups excluding carboxylic acids is 1. The highest BCUT2D eigenvalue weighted by molar-refractivity contribution is 5.95. The molecule has 0 bridgehead atoms. The quantitative estimate of drug-likeness (QED) is 0.830. The molecule has 0 spiro atoms. The molecule has 1 fully saturated rings. The van der Waals surface area contributed by atoms with Crippen LogP contribution >= 0.6 is 0 Å². The first kappa shape index (κ1) is 16.5. The molecule has 2 aliphatic rings. The van der Waals surface area contributed by atoms with Crippen LogP contribution in [-0.4, -0.2) is 30.6 Å². The largest absolute Gasteiger partial charge is 0.490 e. The van der Waals surface area contributed by atoms with Crippen molar-refractivity contribution in [3.63, 3.8) is 0 Å². The van der Waals surface area contributed by atoms with Gasteiger partial charge in [-0.1, -0.05) is 12.1 Å². The van der Waals surface area contributed by atoms with Gasteiger partial charge in [0.15, 0.2) is 11.5 Å². The molecule has 26 heavy (non-hydrogen) atoms. The number of fused-ring (bicyclic) bond motifs is 1. The highest BCUT2D eigenvalue weighted by Crippen LogP contribution is 2.38. The normalized spacial score (nSPS) is 18.9. The van der Waals surface area contributed by atoms with E-state index in [4.69, 9.17) is 14.7 Å². The first-order chi connectivity index (χ1) is 12.8. The number of benzene rings is 2. The third-order valence-electron chi connectivity index (χ3n) is 4.91. The van der Waals surface area contributed by atoms with Crippen LogP contribution < -0.4 is 9.47 Å². The van der Waals surface area contributed by atoms with Gasteiger partial charge in [0.05, 0.1) is 30.9 Å². The van der Waals surface area contributed by atoms with Crippen LogP contribution in [0.25, 0.3) is 0 Å². The Balaban J connectivity index is 1.61. The lowest BCUT2D eigenvalue weighted by molar-refractivity contribution is 0.0735. The van der Waals surface area contributed by atoms with Crippen molar-refractivity contribution in [1.82, 2.24) is 4.90 Å². The molecule has 0 N–H and O–H groups in total. The smallest absolute Gasteiger partial charge is 0.254 e. The van der Waals surface area contributed by atoms with Crippen LogP contribution in [0.1, 0.15) is 46.8 Å². The molecule has 0 aromatic heterocycles. The van der Waals surface area contributed by atoms with Crippen molar-refractivity contribution in [2.24, 2.45) is 0 Å². The molecule has 2 heterocycles. The maximum absolute atomic E-state index is 13.0. The number of amides is 1. The minimum absolute atomic E-state index is 0.0189. The van der Waals surface area contributed by atoms with Crippen LogP contribution in [0.5, 0.6) is 11.5 Å². The molecule has 2 aromatic carbocycles. The maximum Gasteiger partial charge on any atom is 0.254 e. The molecule has 0 aliphatic carbocycles. The number of ether oxygens (including phenoxy) is 2. The van der Waals surface area contributed by atoms with E-state index < -0.39 is 0 Å². The van der Waals surface area contributed by atoms with E-state index in [0.29, 0.717) is 30.9 Å². The molecule has 2 aromatic rings. The van der Waals surface area contributed by atoms with E-state index in [9.17, 15) is 4.79 Å². The summed E-state index contributed by atoms with van der Waals surface area (Å²) in [6.45, 7) is 2.02. The van der Waals surface area contributed by atoms with Crippen LogP contribution in [0.4, 0.5) is 0 Å². The Morgan fingerprint density at radius 1 is 1.08 bits per heavy atom. The number of rotatable bonds is 2. The minimum Gasteiger partial charge on any atom is -0.490 e. The molecule has 0 saturated carbocycles. The Labute approximate surface area is 152 Å². The Hall–Kier alpha value is -3.00. The monoisotopic (exact) mass is 348 g/mol.